The Bertz CT molecular complexity index is 1320. The van der Waals surface area contributed by atoms with Crippen molar-refractivity contribution in [2.75, 3.05) is 30.4 Å². The first-order valence-electron chi connectivity index (χ1n) is 11.2. The number of nitrogens with one attached hydrogen (secondary N) is 1. The molecule has 10 heteroatoms. The standard InChI is InChI=1S/C25H25N7O3/c1-5-7-10-32-24(34)18-11-16(13-26)23(19(14-27)22(18)25(32)35)30-29-20-9-8-17(31(4)6-2)12-21(20)28-15(3)33/h8-9,11-12H,5-7,10H2,1-4H3,(H,28,33). The van der Waals surface area contributed by atoms with Gasteiger partial charge in [0.1, 0.15) is 23.5 Å². The van der Waals surface area contributed by atoms with Gasteiger partial charge in [-0.15, -0.1) is 10.2 Å². The molecule has 0 bridgehead atoms. The summed E-state index contributed by atoms with van der Waals surface area (Å²) in [6.45, 7) is 6.26. The lowest BCUT2D eigenvalue weighted by molar-refractivity contribution is -0.114. The molecular formula is C25H25N7O3. The van der Waals surface area contributed by atoms with Gasteiger partial charge in [0.15, 0.2) is 0 Å². The van der Waals surface area contributed by atoms with Crippen molar-refractivity contribution in [1.82, 2.24) is 4.90 Å². The quantitative estimate of drug-likeness (QED) is 0.438. The average molecular weight is 472 g/mol. The maximum Gasteiger partial charge on any atom is 0.262 e. The number of unbranched alkanes of at least 4 members (excludes halogenated alkanes) is 1. The Labute approximate surface area is 203 Å². The summed E-state index contributed by atoms with van der Waals surface area (Å²) in [5, 5.41) is 30.6. The van der Waals surface area contributed by atoms with Crippen LogP contribution < -0.4 is 10.2 Å². The minimum atomic E-state index is -0.582. The highest BCUT2D eigenvalue weighted by Gasteiger charge is 2.39. The Morgan fingerprint density at radius 1 is 1.11 bits per heavy atom. The maximum absolute atomic E-state index is 13.0. The van der Waals surface area contributed by atoms with Gasteiger partial charge in [-0.2, -0.15) is 10.5 Å². The van der Waals surface area contributed by atoms with Crippen LogP contribution in [0, 0.1) is 22.7 Å². The van der Waals surface area contributed by atoms with Crippen LogP contribution in [0.25, 0.3) is 0 Å². The summed E-state index contributed by atoms with van der Waals surface area (Å²) >= 11 is 0. The summed E-state index contributed by atoms with van der Waals surface area (Å²) < 4.78 is 0. The average Bonchev–Trinajstić information content (AvgIpc) is 3.08. The van der Waals surface area contributed by atoms with Crippen molar-refractivity contribution in [2.45, 2.75) is 33.6 Å². The predicted molar refractivity (Wildman–Crippen MR) is 130 cm³/mol. The lowest BCUT2D eigenvalue weighted by Gasteiger charge is -2.18. The van der Waals surface area contributed by atoms with Gasteiger partial charge in [-0.1, -0.05) is 13.3 Å². The first kappa shape index (κ1) is 25.1. The highest BCUT2D eigenvalue weighted by atomic mass is 16.2. The number of hydrogen-bond donors (Lipinski definition) is 1. The maximum atomic E-state index is 13.0. The van der Waals surface area contributed by atoms with Gasteiger partial charge in [0.25, 0.3) is 11.8 Å². The molecule has 0 atom stereocenters. The van der Waals surface area contributed by atoms with Gasteiger partial charge >= 0.3 is 0 Å². The molecule has 35 heavy (non-hydrogen) atoms. The van der Waals surface area contributed by atoms with Gasteiger partial charge in [0, 0.05) is 32.7 Å². The molecule has 0 aromatic heterocycles. The van der Waals surface area contributed by atoms with Crippen LogP contribution in [0.5, 0.6) is 0 Å². The van der Waals surface area contributed by atoms with Crippen LogP contribution in [-0.4, -0.2) is 42.8 Å². The highest BCUT2D eigenvalue weighted by molar-refractivity contribution is 6.23. The van der Waals surface area contributed by atoms with E-state index in [9.17, 15) is 24.9 Å². The summed E-state index contributed by atoms with van der Waals surface area (Å²) in [5.74, 6) is -1.41. The van der Waals surface area contributed by atoms with E-state index in [0.29, 0.717) is 17.8 Å². The number of carbonyl (C=O) groups is 3. The predicted octanol–water partition coefficient (Wildman–Crippen LogP) is 4.66. The third-order valence-corrected chi connectivity index (χ3v) is 5.67. The Morgan fingerprint density at radius 2 is 1.86 bits per heavy atom. The number of anilines is 2. The number of hydrogen-bond acceptors (Lipinski definition) is 8. The van der Waals surface area contributed by atoms with Gasteiger partial charge < -0.3 is 10.2 Å². The molecule has 1 N–H and O–H groups in total. The molecule has 0 saturated carbocycles. The minimum absolute atomic E-state index is 0.0176. The van der Waals surface area contributed by atoms with Crippen molar-refractivity contribution in [2.24, 2.45) is 10.2 Å². The second kappa shape index (κ2) is 10.6. The fourth-order valence-electron chi connectivity index (χ4n) is 3.68. The smallest absolute Gasteiger partial charge is 0.262 e. The monoisotopic (exact) mass is 471 g/mol. The minimum Gasteiger partial charge on any atom is -0.375 e. The molecule has 1 heterocycles. The van der Waals surface area contributed by atoms with Crippen LogP contribution in [0.4, 0.5) is 22.7 Å². The molecule has 1 aliphatic heterocycles. The summed E-state index contributed by atoms with van der Waals surface area (Å²) in [4.78, 5) is 40.6. The number of nitriles is 2. The molecule has 0 spiro atoms. The molecule has 0 saturated heterocycles. The van der Waals surface area contributed by atoms with Crippen LogP contribution in [0.1, 0.15) is 65.5 Å². The van der Waals surface area contributed by atoms with Crippen LogP contribution in [-0.2, 0) is 4.79 Å². The van der Waals surface area contributed by atoms with E-state index in [1.807, 2.05) is 37.9 Å². The number of imide groups is 1. The van der Waals surface area contributed by atoms with Crippen molar-refractivity contribution >= 4 is 40.5 Å². The molecule has 0 unspecified atom stereocenters. The van der Waals surface area contributed by atoms with E-state index in [0.717, 1.165) is 23.6 Å². The Balaban J connectivity index is 2.12. The van der Waals surface area contributed by atoms with E-state index in [1.54, 1.807) is 18.2 Å². The molecule has 0 fully saturated rings. The van der Waals surface area contributed by atoms with E-state index in [1.165, 1.54) is 13.0 Å². The second-order valence-electron chi connectivity index (χ2n) is 8.01. The van der Waals surface area contributed by atoms with Crippen LogP contribution in [0.15, 0.2) is 34.5 Å². The normalized spacial score (nSPS) is 12.5. The zero-order chi connectivity index (χ0) is 25.7. The van der Waals surface area contributed by atoms with Gasteiger partial charge in [0.2, 0.25) is 5.91 Å². The molecule has 3 rings (SSSR count). The van der Waals surface area contributed by atoms with Crippen LogP contribution in [0.2, 0.25) is 0 Å². The molecule has 1 aliphatic rings. The highest BCUT2D eigenvalue weighted by Crippen LogP contribution is 2.37. The fourth-order valence-corrected chi connectivity index (χ4v) is 3.68. The van der Waals surface area contributed by atoms with E-state index < -0.39 is 11.8 Å². The third kappa shape index (κ3) is 4.87. The molecule has 3 amide bonds. The SMILES string of the molecule is CCCCN1C(=O)c2cc(C#N)c(N=Nc3ccc(N(C)CC)cc3NC(C)=O)c(C#N)c2C1=O. The van der Waals surface area contributed by atoms with Crippen LogP contribution >= 0.6 is 0 Å². The summed E-state index contributed by atoms with van der Waals surface area (Å²) in [7, 11) is 1.90. The second-order valence-corrected chi connectivity index (χ2v) is 8.01. The van der Waals surface area contributed by atoms with E-state index in [4.69, 9.17) is 0 Å². The lowest BCUT2D eigenvalue weighted by Crippen LogP contribution is -2.30. The molecule has 2 aromatic rings. The number of rotatable bonds is 8. The van der Waals surface area contributed by atoms with E-state index in [-0.39, 0.29) is 40.4 Å². The lowest BCUT2D eigenvalue weighted by atomic mass is 9.97. The number of nitrogens with zero attached hydrogens (tertiary/aromatic N) is 6. The Morgan fingerprint density at radius 3 is 2.46 bits per heavy atom. The van der Waals surface area contributed by atoms with Crippen molar-refractivity contribution in [3.05, 3.63) is 46.5 Å². The largest absolute Gasteiger partial charge is 0.375 e. The first-order chi connectivity index (χ1) is 16.8. The van der Waals surface area contributed by atoms with Crippen LogP contribution in [0.3, 0.4) is 0 Å². The summed E-state index contributed by atoms with van der Waals surface area (Å²) in [6, 6.07) is 10.4. The van der Waals surface area contributed by atoms with Crippen molar-refractivity contribution in [1.29, 1.82) is 10.5 Å². The summed E-state index contributed by atoms with van der Waals surface area (Å²) in [6.07, 6.45) is 1.41. The van der Waals surface area contributed by atoms with Crippen molar-refractivity contribution in [3.8, 4) is 12.1 Å². The molecule has 2 aromatic carbocycles. The van der Waals surface area contributed by atoms with E-state index >= 15 is 0 Å². The van der Waals surface area contributed by atoms with Crippen molar-refractivity contribution < 1.29 is 14.4 Å². The van der Waals surface area contributed by atoms with Gasteiger partial charge in [-0.05, 0) is 37.6 Å². The topological polar surface area (TPSA) is 142 Å². The third-order valence-electron chi connectivity index (χ3n) is 5.67. The zero-order valence-corrected chi connectivity index (χ0v) is 20.0. The van der Waals surface area contributed by atoms with Crippen molar-refractivity contribution in [3.63, 3.8) is 0 Å². The molecule has 0 aliphatic carbocycles. The first-order valence-corrected chi connectivity index (χ1v) is 11.2. The number of benzene rings is 2. The number of azo groups is 1. The molecule has 10 nitrogen and oxygen atoms in total. The van der Waals surface area contributed by atoms with E-state index in [2.05, 4.69) is 15.5 Å². The number of amides is 3. The Kier molecular flexibility index (Phi) is 7.57. The Hall–Kier alpha value is -4.57. The van der Waals surface area contributed by atoms with Gasteiger partial charge in [0.05, 0.1) is 27.9 Å². The van der Waals surface area contributed by atoms with Gasteiger partial charge in [-0.3, -0.25) is 19.3 Å². The summed E-state index contributed by atoms with van der Waals surface area (Å²) in [5.41, 5.74) is 1.17. The number of carbonyl (C=O) groups excluding carboxylic acids is 3. The number of fused-ring (bicyclic) bond motifs is 1. The zero-order valence-electron chi connectivity index (χ0n) is 20.0. The molecule has 178 valence electrons. The fraction of sp³-hybridized carbons (Fsp3) is 0.320. The molecular weight excluding hydrogens is 446 g/mol. The van der Waals surface area contributed by atoms with Gasteiger partial charge in [-0.25, -0.2) is 0 Å². The molecule has 0 radical (unpaired) electrons.